The molecule has 2 atom stereocenters. The van der Waals surface area contributed by atoms with Gasteiger partial charge in [0, 0.05) is 11.7 Å². The minimum Gasteiger partial charge on any atom is -0.508 e. The highest BCUT2D eigenvalue weighted by Gasteiger charge is 2.37. The van der Waals surface area contributed by atoms with E-state index < -0.39 is 47.9 Å². The van der Waals surface area contributed by atoms with Crippen molar-refractivity contribution in [1.82, 2.24) is 10.2 Å². The molecular weight excluding hydrogens is 488 g/mol. The number of nitrogens with two attached hydrogens (primary N) is 1. The lowest BCUT2D eigenvalue weighted by atomic mass is 9.99. The summed E-state index contributed by atoms with van der Waals surface area (Å²) in [7, 11) is 0. The molecule has 0 aliphatic heterocycles. The van der Waals surface area contributed by atoms with E-state index in [0.29, 0.717) is 16.8 Å². The maximum Gasteiger partial charge on any atom is 0.408 e. The molecule has 38 heavy (non-hydrogen) atoms. The van der Waals surface area contributed by atoms with E-state index in [1.807, 2.05) is 32.0 Å². The first-order valence-corrected chi connectivity index (χ1v) is 11.9. The fourth-order valence-corrected chi connectivity index (χ4v) is 3.75. The van der Waals surface area contributed by atoms with E-state index in [0.717, 1.165) is 16.0 Å². The minimum absolute atomic E-state index is 0.0144. The van der Waals surface area contributed by atoms with E-state index in [9.17, 15) is 24.3 Å². The van der Waals surface area contributed by atoms with Crippen LogP contribution in [-0.4, -0.2) is 45.5 Å². The number of nitrogens with one attached hydrogen (secondary N) is 2. The highest BCUT2D eigenvalue weighted by molar-refractivity contribution is 6.01. The van der Waals surface area contributed by atoms with Crippen LogP contribution in [0.3, 0.4) is 0 Å². The van der Waals surface area contributed by atoms with Crippen molar-refractivity contribution in [2.24, 2.45) is 5.73 Å². The zero-order valence-corrected chi connectivity index (χ0v) is 22.4. The van der Waals surface area contributed by atoms with Gasteiger partial charge in [-0.15, -0.1) is 0 Å². The van der Waals surface area contributed by atoms with E-state index in [1.165, 1.54) is 18.2 Å². The second-order valence-electron chi connectivity index (χ2n) is 9.91. The van der Waals surface area contributed by atoms with Gasteiger partial charge in [0.05, 0.1) is 6.42 Å². The number of alkyl carbamates (subject to hydrolysis) is 1. The molecule has 0 saturated heterocycles. The van der Waals surface area contributed by atoms with Crippen molar-refractivity contribution < 1.29 is 29.0 Å². The van der Waals surface area contributed by atoms with Gasteiger partial charge in [-0.25, -0.2) is 4.79 Å². The fraction of sp³-hybridized carbons (Fsp3) is 0.357. The Kier molecular flexibility index (Phi) is 9.50. The molecule has 202 valence electrons. The summed E-state index contributed by atoms with van der Waals surface area (Å²) >= 11 is 0. The topological polar surface area (TPSA) is 151 Å². The van der Waals surface area contributed by atoms with E-state index in [1.54, 1.807) is 27.7 Å². The first kappa shape index (κ1) is 29.7. The molecule has 0 fully saturated rings. The molecule has 0 aliphatic rings. The van der Waals surface area contributed by atoms with E-state index >= 15 is 0 Å². The van der Waals surface area contributed by atoms with Gasteiger partial charge in [0.15, 0.2) is 0 Å². The Balaban J connectivity index is 2.55. The average molecular weight is 523 g/mol. The lowest BCUT2D eigenvalue weighted by Crippen LogP contribution is -2.52. The van der Waals surface area contributed by atoms with E-state index in [4.69, 9.17) is 16.9 Å². The molecule has 2 unspecified atom stereocenters. The number of ether oxygens (including phenoxy) is 1. The molecule has 2 aromatic carbocycles. The predicted molar refractivity (Wildman–Crippen MR) is 143 cm³/mol. The van der Waals surface area contributed by atoms with Crippen LogP contribution < -0.4 is 16.4 Å². The van der Waals surface area contributed by atoms with Crippen molar-refractivity contribution in [2.75, 3.05) is 5.32 Å². The number of phenolic OH excluding ortho intramolecular Hbond substituents is 1. The molecule has 0 aliphatic carbocycles. The number of para-hydroxylation sites is 1. The maximum absolute atomic E-state index is 13.7. The second kappa shape index (κ2) is 12.1. The Morgan fingerprint density at radius 1 is 1.08 bits per heavy atom. The number of nitrogens with zero attached hydrogens (tertiary/aromatic N) is 1. The van der Waals surface area contributed by atoms with Crippen molar-refractivity contribution in [1.29, 1.82) is 0 Å². The van der Waals surface area contributed by atoms with Crippen molar-refractivity contribution in [3.05, 3.63) is 58.7 Å². The van der Waals surface area contributed by atoms with Crippen LogP contribution in [0.1, 0.15) is 55.5 Å². The van der Waals surface area contributed by atoms with Crippen LogP contribution in [0, 0.1) is 33.2 Å². The standard InChI is InChI=1S/C28H34N4O6/c1-8-32(26(36)20(15-22(29)34)30-27(37)38-28(5,6)7)24(19-12-13-21(33)18(4)14-19)25(35)31-23-16(2)10-9-11-17(23)3/h1,9-14,20,24,33H,15H2,2-7H3,(H2,29,34)(H,30,37)(H,31,35). The Hall–Kier alpha value is -4.52. The van der Waals surface area contributed by atoms with Gasteiger partial charge >= 0.3 is 6.09 Å². The van der Waals surface area contributed by atoms with Gasteiger partial charge in [-0.1, -0.05) is 30.7 Å². The van der Waals surface area contributed by atoms with E-state index in [-0.39, 0.29) is 5.75 Å². The van der Waals surface area contributed by atoms with Gasteiger partial charge in [-0.2, -0.15) is 0 Å². The number of aromatic hydroxyl groups is 1. The highest BCUT2D eigenvalue weighted by atomic mass is 16.6. The van der Waals surface area contributed by atoms with Crippen LogP contribution >= 0.6 is 0 Å². The van der Waals surface area contributed by atoms with Gasteiger partial charge in [-0.3, -0.25) is 19.3 Å². The number of benzene rings is 2. The summed E-state index contributed by atoms with van der Waals surface area (Å²) in [6.45, 7) is 10.2. The van der Waals surface area contributed by atoms with Crippen LogP contribution in [0.4, 0.5) is 10.5 Å². The third-order valence-corrected chi connectivity index (χ3v) is 5.54. The number of hydrogen-bond acceptors (Lipinski definition) is 6. The molecule has 0 spiro atoms. The van der Waals surface area contributed by atoms with Gasteiger partial charge in [0.2, 0.25) is 5.91 Å². The number of carbonyl (C=O) groups excluding carboxylic acids is 4. The van der Waals surface area contributed by atoms with Crippen molar-refractivity contribution in [2.45, 2.75) is 65.6 Å². The fourth-order valence-electron chi connectivity index (χ4n) is 3.75. The maximum atomic E-state index is 13.7. The minimum atomic E-state index is -1.51. The van der Waals surface area contributed by atoms with Crippen LogP contribution in [0.25, 0.3) is 0 Å². The van der Waals surface area contributed by atoms with Crippen molar-refractivity contribution in [3.8, 4) is 18.2 Å². The summed E-state index contributed by atoms with van der Waals surface area (Å²) < 4.78 is 5.21. The molecule has 0 saturated carbocycles. The smallest absolute Gasteiger partial charge is 0.408 e. The Morgan fingerprint density at radius 2 is 1.68 bits per heavy atom. The number of terminal acetylenes is 1. The molecule has 4 amide bonds. The normalized spacial score (nSPS) is 12.4. The Morgan fingerprint density at radius 3 is 2.18 bits per heavy atom. The molecule has 0 aromatic heterocycles. The van der Waals surface area contributed by atoms with Gasteiger partial charge in [0.25, 0.3) is 11.8 Å². The summed E-state index contributed by atoms with van der Waals surface area (Å²) in [6, 6.07) is 9.16. The summed E-state index contributed by atoms with van der Waals surface area (Å²) in [4.78, 5) is 52.3. The number of primary amides is 1. The Bertz CT molecular complexity index is 1250. The Labute approximate surface area is 222 Å². The molecule has 0 radical (unpaired) electrons. The van der Waals surface area contributed by atoms with Gasteiger partial charge < -0.3 is 26.2 Å². The monoisotopic (exact) mass is 522 g/mol. The molecule has 10 nitrogen and oxygen atoms in total. The molecule has 5 N–H and O–H groups in total. The summed E-state index contributed by atoms with van der Waals surface area (Å²) in [5.74, 6) is -2.47. The lowest BCUT2D eigenvalue weighted by molar-refractivity contribution is -0.138. The molecule has 2 rings (SSSR count). The first-order chi connectivity index (χ1) is 17.6. The number of carbonyl (C=O) groups is 4. The number of amides is 4. The van der Waals surface area contributed by atoms with E-state index in [2.05, 4.69) is 16.7 Å². The van der Waals surface area contributed by atoms with Gasteiger partial charge in [-0.05, 0) is 75.9 Å². The number of rotatable bonds is 8. The van der Waals surface area contributed by atoms with Crippen molar-refractivity contribution in [3.63, 3.8) is 0 Å². The quantitative estimate of drug-likeness (QED) is 0.309. The molecular formula is C28H34N4O6. The van der Waals surface area contributed by atoms with Crippen LogP contribution in [0.15, 0.2) is 36.4 Å². The van der Waals surface area contributed by atoms with Crippen molar-refractivity contribution >= 4 is 29.5 Å². The summed E-state index contributed by atoms with van der Waals surface area (Å²) in [6.07, 6.45) is 4.18. The molecule has 2 aromatic rings. The molecule has 10 heteroatoms. The average Bonchev–Trinajstić information content (AvgIpc) is 2.79. The lowest BCUT2D eigenvalue weighted by Gasteiger charge is -2.30. The second-order valence-corrected chi connectivity index (χ2v) is 9.91. The number of aryl methyl sites for hydroxylation is 3. The van der Waals surface area contributed by atoms with Crippen LogP contribution in [0.2, 0.25) is 0 Å². The molecule has 0 heterocycles. The zero-order valence-electron chi connectivity index (χ0n) is 22.4. The zero-order chi connectivity index (χ0) is 28.8. The van der Waals surface area contributed by atoms with Gasteiger partial charge in [0.1, 0.15) is 23.4 Å². The number of anilines is 1. The molecule has 0 bridgehead atoms. The third kappa shape index (κ3) is 7.74. The van der Waals surface area contributed by atoms with Crippen LogP contribution in [0.5, 0.6) is 5.75 Å². The third-order valence-electron chi connectivity index (χ3n) is 5.54. The SMILES string of the molecule is C#CN(C(=O)C(CC(N)=O)NC(=O)OC(C)(C)C)C(C(=O)Nc1c(C)cccc1C)c1ccc(O)c(C)c1. The predicted octanol–water partition coefficient (Wildman–Crippen LogP) is 3.19. The van der Waals surface area contributed by atoms with Crippen LogP contribution in [-0.2, 0) is 19.1 Å². The summed E-state index contributed by atoms with van der Waals surface area (Å²) in [5, 5.41) is 15.2. The largest absolute Gasteiger partial charge is 0.508 e. The number of phenols is 1. The first-order valence-electron chi connectivity index (χ1n) is 11.9. The summed E-state index contributed by atoms with van der Waals surface area (Å²) in [5.41, 5.74) is 7.31. The number of hydrogen-bond donors (Lipinski definition) is 4. The highest BCUT2D eigenvalue weighted by Crippen LogP contribution is 2.29.